The third kappa shape index (κ3) is 19.0. The number of aromatic nitrogens is 4. The second-order valence-electron chi connectivity index (χ2n) is 21.6. The molecule has 4 amide bonds. The smallest absolute Gasteiger partial charge is 0.407 e. The Morgan fingerprint density at radius 3 is 1.48 bits per heavy atom. The topological polar surface area (TPSA) is 243 Å². The first-order valence-electron chi connectivity index (χ1n) is 28.1. The lowest BCUT2D eigenvalue weighted by atomic mass is 10.1. The summed E-state index contributed by atoms with van der Waals surface area (Å²) in [6.07, 6.45) is 5.34. The third-order valence-electron chi connectivity index (χ3n) is 14.1. The maximum Gasteiger partial charge on any atom is 0.407 e. The minimum atomic E-state index is -0.772. The molecular formula is C62H77ClF2N10O10. The molecule has 0 radical (unpaired) electrons. The maximum absolute atomic E-state index is 14.3. The Labute approximate surface area is 500 Å². The van der Waals surface area contributed by atoms with Crippen LogP contribution in [-0.2, 0) is 22.7 Å². The molecule has 6 aromatic rings. The number of hydrogen-bond donors (Lipinski definition) is 5. The monoisotopic (exact) mass is 1190 g/mol. The number of aliphatic hydroxyl groups is 2. The molecule has 0 unspecified atom stereocenters. The van der Waals surface area contributed by atoms with Crippen LogP contribution in [0.3, 0.4) is 0 Å². The fraction of sp³-hybridized carbons (Fsp3) is 0.419. The van der Waals surface area contributed by atoms with Gasteiger partial charge in [0.1, 0.15) is 49.0 Å². The molecule has 2 aliphatic carbocycles. The van der Waals surface area contributed by atoms with E-state index >= 15 is 0 Å². The molecule has 0 aliphatic heterocycles. The molecule has 456 valence electrons. The summed E-state index contributed by atoms with van der Waals surface area (Å²) in [5.41, 5.74) is 2.03. The van der Waals surface area contributed by atoms with E-state index in [-0.39, 0.29) is 107 Å². The molecule has 6 atom stereocenters. The first-order chi connectivity index (χ1) is 40.5. The summed E-state index contributed by atoms with van der Waals surface area (Å²) in [6, 6.07) is 25.4. The molecule has 5 N–H and O–H groups in total. The SMILES string of the molecule is CC(C)N(C(=O)c1cc(F)ccc1Oc1cncnc1Cl)C(C)C.CC(C)N(C(=O)c1cc(F)ccc1Oc1cncnc1N(C)[C@H]1C[C@@H](NC(=O)OCc2ccccc2)C[C@H]1O)C(C)C.CN[C@H]1C[C@@H](NC(=O)OCc2ccccc2)C[C@H]1O. The van der Waals surface area contributed by atoms with Gasteiger partial charge in [0.15, 0.2) is 22.5 Å². The first-order valence-corrected chi connectivity index (χ1v) is 28.5. The van der Waals surface area contributed by atoms with Crippen molar-refractivity contribution >= 4 is 41.4 Å². The van der Waals surface area contributed by atoms with Gasteiger partial charge in [-0.15, -0.1) is 0 Å². The molecule has 0 spiro atoms. The Bertz CT molecular complexity index is 3120. The second-order valence-corrected chi connectivity index (χ2v) is 22.0. The predicted molar refractivity (Wildman–Crippen MR) is 318 cm³/mol. The zero-order valence-corrected chi connectivity index (χ0v) is 50.2. The Hall–Kier alpha value is -8.05. The van der Waals surface area contributed by atoms with Crippen LogP contribution in [0.5, 0.6) is 23.0 Å². The fourth-order valence-electron chi connectivity index (χ4n) is 10.2. The van der Waals surface area contributed by atoms with Crippen LogP contribution in [-0.4, -0.2) is 139 Å². The van der Waals surface area contributed by atoms with Gasteiger partial charge in [-0.25, -0.2) is 38.3 Å². The Balaban J connectivity index is 0.000000226. The lowest BCUT2D eigenvalue weighted by molar-refractivity contribution is 0.0631. The number of ether oxygens (including phenoxy) is 4. The number of alkyl carbamates (subject to hydrolysis) is 2. The standard InChI is InChI=1S/C31H38FN5O5.C17H19ClFN3O2.C14H20N2O3/c1-19(2)37(20(3)4)30(39)24-13-22(32)11-12-27(24)42-28-16-33-18-34-29(28)36(5)25-14-23(15-26(25)38)35-31(40)41-17-21-9-7-6-8-10-21;1-10(2)22(11(3)4)17(23)13-7-12(19)5-6-14(13)24-15-8-20-9-21-16(15)18;1-15-12-7-11(8-13(12)17)16-14(18)19-9-10-5-3-2-4-6-10/h6-13,16,18-20,23,25-26,38H,14-15,17H2,1-5H3,(H,35,40);5-11H,1-4H3;2-6,11-13,15,17H,7-9H2,1H3,(H,16,18)/t23-,25+,26-;;11-,12+,13-/m1.1/s1. The lowest BCUT2D eigenvalue weighted by Crippen LogP contribution is -2.42. The molecule has 2 aliphatic rings. The number of hydrogen-bond acceptors (Lipinski definition) is 16. The van der Waals surface area contributed by atoms with E-state index in [0.29, 0.717) is 25.1 Å². The molecule has 2 fully saturated rings. The number of rotatable bonds is 19. The van der Waals surface area contributed by atoms with E-state index < -0.39 is 42.1 Å². The minimum absolute atomic E-state index is 0.0317. The normalized spacial score (nSPS) is 17.9. The van der Waals surface area contributed by atoms with Gasteiger partial charge in [0.25, 0.3) is 11.8 Å². The summed E-state index contributed by atoms with van der Waals surface area (Å²) in [6.45, 7) is 15.6. The van der Waals surface area contributed by atoms with Crippen LogP contribution in [0.1, 0.15) is 113 Å². The Kier molecular flexibility index (Phi) is 24.7. The van der Waals surface area contributed by atoms with Crippen LogP contribution in [0.4, 0.5) is 24.2 Å². The van der Waals surface area contributed by atoms with Gasteiger partial charge < -0.3 is 59.8 Å². The van der Waals surface area contributed by atoms with Crippen molar-refractivity contribution < 1.29 is 57.1 Å². The third-order valence-corrected chi connectivity index (χ3v) is 14.4. The molecule has 23 heteroatoms. The van der Waals surface area contributed by atoms with Crippen LogP contribution in [0.15, 0.2) is 122 Å². The highest BCUT2D eigenvalue weighted by Crippen LogP contribution is 2.37. The van der Waals surface area contributed by atoms with Crippen molar-refractivity contribution in [3.63, 3.8) is 0 Å². The molecular weight excluding hydrogens is 1120 g/mol. The highest BCUT2D eigenvalue weighted by atomic mass is 35.5. The van der Waals surface area contributed by atoms with E-state index in [1.807, 2.05) is 123 Å². The average Bonchev–Trinajstić information content (AvgIpc) is 4.17. The number of likely N-dealkylation sites (N-methyl/N-ethyl adjacent to an activating group) is 2. The summed E-state index contributed by atoms with van der Waals surface area (Å²) >= 11 is 5.96. The van der Waals surface area contributed by atoms with Gasteiger partial charge in [-0.2, -0.15) is 0 Å². The van der Waals surface area contributed by atoms with E-state index in [0.717, 1.165) is 29.7 Å². The number of nitrogens with zero attached hydrogens (tertiary/aromatic N) is 7. The fourth-order valence-corrected chi connectivity index (χ4v) is 10.3. The van der Waals surface area contributed by atoms with Gasteiger partial charge in [0.05, 0.1) is 41.8 Å². The number of halogens is 3. The Morgan fingerprint density at radius 2 is 1.04 bits per heavy atom. The van der Waals surface area contributed by atoms with Crippen LogP contribution in [0.2, 0.25) is 5.15 Å². The van der Waals surface area contributed by atoms with Crippen molar-refractivity contribution in [1.29, 1.82) is 0 Å². The zero-order valence-electron chi connectivity index (χ0n) is 49.5. The number of anilines is 1. The number of carbonyl (C=O) groups is 4. The van der Waals surface area contributed by atoms with Gasteiger partial charge in [-0.3, -0.25) is 9.59 Å². The van der Waals surface area contributed by atoms with Gasteiger partial charge in [-0.05, 0) is 136 Å². The quantitative estimate of drug-likeness (QED) is 0.0474. The van der Waals surface area contributed by atoms with E-state index in [4.69, 9.17) is 30.5 Å². The summed E-state index contributed by atoms with van der Waals surface area (Å²) in [5, 5.41) is 29.4. The second kappa shape index (κ2) is 31.7. The summed E-state index contributed by atoms with van der Waals surface area (Å²) < 4.78 is 50.3. The molecule has 0 bridgehead atoms. The summed E-state index contributed by atoms with van der Waals surface area (Å²) in [5.74, 6) is -0.609. The van der Waals surface area contributed by atoms with Crippen molar-refractivity contribution in [3.05, 3.63) is 161 Å². The van der Waals surface area contributed by atoms with Gasteiger partial charge in [0.2, 0.25) is 0 Å². The van der Waals surface area contributed by atoms with Gasteiger partial charge in [0, 0.05) is 49.3 Å². The number of amides is 4. The summed E-state index contributed by atoms with van der Waals surface area (Å²) in [4.78, 5) is 71.6. The van der Waals surface area contributed by atoms with Crippen LogP contribution >= 0.6 is 11.6 Å². The van der Waals surface area contributed by atoms with Crippen molar-refractivity contribution in [2.75, 3.05) is 19.0 Å². The number of benzene rings is 4. The highest BCUT2D eigenvalue weighted by Gasteiger charge is 2.39. The maximum atomic E-state index is 14.3. The average molecular weight is 1200 g/mol. The first kappa shape index (κ1) is 66.1. The minimum Gasteiger partial charge on any atom is -0.452 e. The number of nitrogens with one attached hydrogen (secondary N) is 3. The number of aliphatic hydroxyl groups excluding tert-OH is 2. The van der Waals surface area contributed by atoms with Crippen LogP contribution < -0.4 is 30.3 Å². The Morgan fingerprint density at radius 1 is 0.600 bits per heavy atom. The molecule has 2 heterocycles. The molecule has 8 rings (SSSR count). The van der Waals surface area contributed by atoms with Crippen molar-refractivity contribution in [2.24, 2.45) is 0 Å². The summed E-state index contributed by atoms with van der Waals surface area (Å²) in [7, 11) is 3.57. The molecule has 2 aromatic heterocycles. The van der Waals surface area contributed by atoms with E-state index in [1.165, 1.54) is 49.3 Å². The van der Waals surface area contributed by atoms with E-state index in [9.17, 15) is 38.2 Å². The van der Waals surface area contributed by atoms with Crippen LogP contribution in [0, 0.1) is 11.6 Å². The molecule has 0 saturated heterocycles. The van der Waals surface area contributed by atoms with Crippen molar-refractivity contribution in [2.45, 2.75) is 155 Å². The number of carbonyl (C=O) groups excluding carboxylic acids is 4. The molecule has 85 heavy (non-hydrogen) atoms. The molecule has 4 aromatic carbocycles. The largest absolute Gasteiger partial charge is 0.452 e. The van der Waals surface area contributed by atoms with E-state index in [1.54, 1.807) is 21.7 Å². The molecule has 20 nitrogen and oxygen atoms in total. The predicted octanol–water partition coefficient (Wildman–Crippen LogP) is 10.3. The lowest BCUT2D eigenvalue weighted by Gasteiger charge is -2.31. The van der Waals surface area contributed by atoms with Gasteiger partial charge in [-0.1, -0.05) is 72.3 Å². The van der Waals surface area contributed by atoms with Crippen LogP contribution in [0.25, 0.3) is 0 Å². The van der Waals surface area contributed by atoms with Crippen molar-refractivity contribution in [1.82, 2.24) is 45.7 Å². The van der Waals surface area contributed by atoms with E-state index in [2.05, 4.69) is 35.9 Å². The highest BCUT2D eigenvalue weighted by molar-refractivity contribution is 6.30. The van der Waals surface area contributed by atoms with Crippen molar-refractivity contribution in [3.8, 4) is 23.0 Å². The zero-order chi connectivity index (χ0) is 61.9. The molecule has 2 saturated carbocycles. The van der Waals surface area contributed by atoms with Gasteiger partial charge >= 0.3 is 12.2 Å².